The minimum atomic E-state index is -0.166. The van der Waals surface area contributed by atoms with Crippen LogP contribution in [0.3, 0.4) is 0 Å². The van der Waals surface area contributed by atoms with Crippen molar-refractivity contribution < 1.29 is 14.3 Å². The van der Waals surface area contributed by atoms with E-state index >= 15 is 0 Å². The third kappa shape index (κ3) is 5.04. The van der Waals surface area contributed by atoms with Gasteiger partial charge < -0.3 is 9.64 Å². The first-order valence-corrected chi connectivity index (χ1v) is 9.28. The average Bonchev–Trinajstić information content (AvgIpc) is 3.01. The molecule has 1 aromatic rings. The summed E-state index contributed by atoms with van der Waals surface area (Å²) in [5, 5.41) is 2.05. The van der Waals surface area contributed by atoms with Crippen LogP contribution < -0.4 is 0 Å². The predicted molar refractivity (Wildman–Crippen MR) is 86.4 cm³/mol. The summed E-state index contributed by atoms with van der Waals surface area (Å²) in [6, 6.07) is 4.11. The zero-order valence-electron chi connectivity index (χ0n) is 12.2. The second kappa shape index (κ2) is 8.44. The van der Waals surface area contributed by atoms with E-state index in [1.165, 1.54) is 4.88 Å². The lowest BCUT2D eigenvalue weighted by molar-refractivity contribution is -0.151. The molecular formula is C15H21NO3S2. The van der Waals surface area contributed by atoms with E-state index in [1.807, 2.05) is 23.3 Å². The molecule has 0 aliphatic carbocycles. The van der Waals surface area contributed by atoms with Gasteiger partial charge in [-0.1, -0.05) is 6.07 Å². The minimum absolute atomic E-state index is 0.130. The van der Waals surface area contributed by atoms with E-state index in [-0.39, 0.29) is 17.8 Å². The number of thioether (sulfide) groups is 1. The molecule has 0 spiro atoms. The number of carbonyl (C=O) groups excluding carboxylic acids is 2. The van der Waals surface area contributed by atoms with E-state index in [0.717, 1.165) is 25.1 Å². The number of piperidine rings is 1. The maximum atomic E-state index is 12.2. The van der Waals surface area contributed by atoms with Crippen LogP contribution in [0.4, 0.5) is 0 Å². The van der Waals surface area contributed by atoms with E-state index < -0.39 is 0 Å². The van der Waals surface area contributed by atoms with Gasteiger partial charge in [0.15, 0.2) is 0 Å². The number of likely N-dealkylation sites (tertiary alicyclic amines) is 1. The number of hydrogen-bond donors (Lipinski definition) is 0. The fraction of sp³-hybridized carbons (Fsp3) is 0.600. The molecule has 2 heterocycles. The Kier molecular flexibility index (Phi) is 6.57. The summed E-state index contributed by atoms with van der Waals surface area (Å²) in [7, 11) is 0. The molecule has 0 saturated carbocycles. The van der Waals surface area contributed by atoms with Crippen LogP contribution in [-0.2, 0) is 20.1 Å². The molecule has 1 aromatic heterocycles. The smallest absolute Gasteiger partial charge is 0.310 e. The summed E-state index contributed by atoms with van der Waals surface area (Å²) in [5.74, 6) is 1.17. The topological polar surface area (TPSA) is 46.6 Å². The number of carbonyl (C=O) groups is 2. The Balaban J connectivity index is 1.75. The Morgan fingerprint density at radius 1 is 1.52 bits per heavy atom. The Labute approximate surface area is 133 Å². The molecule has 1 saturated heterocycles. The lowest BCUT2D eigenvalue weighted by atomic mass is 9.98. The van der Waals surface area contributed by atoms with E-state index in [2.05, 4.69) is 6.07 Å². The number of hydrogen-bond acceptors (Lipinski definition) is 5. The van der Waals surface area contributed by atoms with Gasteiger partial charge in [0.25, 0.3) is 0 Å². The highest BCUT2D eigenvalue weighted by Crippen LogP contribution is 2.21. The summed E-state index contributed by atoms with van der Waals surface area (Å²) >= 11 is 3.35. The summed E-state index contributed by atoms with van der Waals surface area (Å²) in [6.45, 7) is 3.48. The van der Waals surface area contributed by atoms with Crippen LogP contribution in [0.15, 0.2) is 17.5 Å². The monoisotopic (exact) mass is 327 g/mol. The first kappa shape index (κ1) is 16.4. The molecular weight excluding hydrogens is 306 g/mol. The molecule has 0 N–H and O–H groups in total. The molecule has 116 valence electrons. The Morgan fingerprint density at radius 3 is 3.10 bits per heavy atom. The summed E-state index contributed by atoms with van der Waals surface area (Å²) in [6.07, 6.45) is 1.70. The van der Waals surface area contributed by atoms with Crippen LogP contribution in [0.2, 0.25) is 0 Å². The minimum Gasteiger partial charge on any atom is -0.466 e. The van der Waals surface area contributed by atoms with Gasteiger partial charge in [0.1, 0.15) is 0 Å². The van der Waals surface area contributed by atoms with Gasteiger partial charge in [-0.2, -0.15) is 0 Å². The zero-order valence-corrected chi connectivity index (χ0v) is 13.9. The maximum absolute atomic E-state index is 12.2. The van der Waals surface area contributed by atoms with Gasteiger partial charge in [-0.3, -0.25) is 9.59 Å². The molecule has 0 radical (unpaired) electrons. The number of rotatable bonds is 6. The van der Waals surface area contributed by atoms with Crippen molar-refractivity contribution in [1.82, 2.24) is 4.90 Å². The van der Waals surface area contributed by atoms with E-state index in [9.17, 15) is 9.59 Å². The van der Waals surface area contributed by atoms with Gasteiger partial charge in [0.2, 0.25) is 5.91 Å². The van der Waals surface area contributed by atoms with Crippen molar-refractivity contribution >= 4 is 35.0 Å². The van der Waals surface area contributed by atoms with Crippen molar-refractivity contribution in [3.05, 3.63) is 22.4 Å². The number of ether oxygens (including phenoxy) is 1. The van der Waals surface area contributed by atoms with Crippen molar-refractivity contribution in [3.63, 3.8) is 0 Å². The summed E-state index contributed by atoms with van der Waals surface area (Å²) in [4.78, 5) is 27.1. The number of thiophene rings is 1. The third-order valence-electron chi connectivity index (χ3n) is 3.44. The fourth-order valence-corrected chi connectivity index (χ4v) is 4.15. The second-order valence-corrected chi connectivity index (χ2v) is 7.02. The van der Waals surface area contributed by atoms with Crippen LogP contribution in [0.1, 0.15) is 24.6 Å². The molecule has 1 aliphatic rings. The SMILES string of the molecule is CCOC(=O)C1CCCN(C(=O)CSCc2cccs2)C1. The second-order valence-electron chi connectivity index (χ2n) is 5.00. The van der Waals surface area contributed by atoms with Crippen LogP contribution in [0.25, 0.3) is 0 Å². The molecule has 6 heteroatoms. The molecule has 1 atom stereocenters. The molecule has 1 unspecified atom stereocenters. The quantitative estimate of drug-likeness (QED) is 0.754. The highest BCUT2D eigenvalue weighted by atomic mass is 32.2. The normalized spacial score (nSPS) is 18.5. The highest BCUT2D eigenvalue weighted by Gasteiger charge is 2.29. The third-order valence-corrected chi connectivity index (χ3v) is 5.47. The Morgan fingerprint density at radius 2 is 2.38 bits per heavy atom. The molecule has 0 aromatic carbocycles. The van der Waals surface area contributed by atoms with Crippen molar-refractivity contribution in [2.75, 3.05) is 25.4 Å². The van der Waals surface area contributed by atoms with E-state index in [1.54, 1.807) is 23.1 Å². The first-order valence-electron chi connectivity index (χ1n) is 7.25. The maximum Gasteiger partial charge on any atom is 0.310 e. The lowest BCUT2D eigenvalue weighted by Gasteiger charge is -2.31. The molecule has 21 heavy (non-hydrogen) atoms. The number of esters is 1. The molecule has 1 fully saturated rings. The zero-order chi connectivity index (χ0) is 15.1. The van der Waals surface area contributed by atoms with Crippen molar-refractivity contribution in [1.29, 1.82) is 0 Å². The van der Waals surface area contributed by atoms with Gasteiger partial charge in [-0.05, 0) is 31.2 Å². The van der Waals surface area contributed by atoms with E-state index in [4.69, 9.17) is 4.74 Å². The molecule has 1 aliphatic heterocycles. The van der Waals surface area contributed by atoms with Crippen molar-refractivity contribution in [2.24, 2.45) is 5.92 Å². The molecule has 4 nitrogen and oxygen atoms in total. The molecule has 1 amide bonds. The van der Waals surface area contributed by atoms with E-state index in [0.29, 0.717) is 18.9 Å². The van der Waals surface area contributed by atoms with Crippen LogP contribution in [-0.4, -0.2) is 42.2 Å². The van der Waals surface area contributed by atoms with Crippen molar-refractivity contribution in [2.45, 2.75) is 25.5 Å². The van der Waals surface area contributed by atoms with Gasteiger partial charge >= 0.3 is 5.97 Å². The summed E-state index contributed by atoms with van der Waals surface area (Å²) < 4.78 is 5.06. The fourth-order valence-electron chi connectivity index (χ4n) is 2.38. The Hall–Kier alpha value is -1.01. The van der Waals surface area contributed by atoms with Crippen molar-refractivity contribution in [3.8, 4) is 0 Å². The lowest BCUT2D eigenvalue weighted by Crippen LogP contribution is -2.43. The molecule has 0 bridgehead atoms. The largest absolute Gasteiger partial charge is 0.466 e. The van der Waals surface area contributed by atoms with Crippen LogP contribution in [0.5, 0.6) is 0 Å². The van der Waals surface area contributed by atoms with Gasteiger partial charge in [-0.25, -0.2) is 0 Å². The predicted octanol–water partition coefficient (Wildman–Crippen LogP) is 2.78. The Bertz CT molecular complexity index is 461. The standard InChI is InChI=1S/C15H21NO3S2/c1-2-19-15(18)12-5-3-7-16(9-12)14(17)11-20-10-13-6-4-8-21-13/h4,6,8,12H,2-3,5,7,9-11H2,1H3. The number of amides is 1. The van der Waals surface area contributed by atoms with Gasteiger partial charge in [-0.15, -0.1) is 23.1 Å². The highest BCUT2D eigenvalue weighted by molar-refractivity contribution is 7.99. The van der Waals surface area contributed by atoms with Crippen LogP contribution >= 0.6 is 23.1 Å². The molecule has 2 rings (SSSR count). The average molecular weight is 327 g/mol. The van der Waals surface area contributed by atoms with Crippen LogP contribution in [0, 0.1) is 5.92 Å². The number of nitrogens with zero attached hydrogens (tertiary/aromatic N) is 1. The summed E-state index contributed by atoms with van der Waals surface area (Å²) in [5.41, 5.74) is 0. The van der Waals surface area contributed by atoms with Gasteiger partial charge in [0, 0.05) is 23.7 Å². The van der Waals surface area contributed by atoms with Gasteiger partial charge in [0.05, 0.1) is 18.3 Å². The first-order chi connectivity index (χ1) is 10.2.